The van der Waals surface area contributed by atoms with Crippen LogP contribution in [0.25, 0.3) is 10.9 Å². The summed E-state index contributed by atoms with van der Waals surface area (Å²) >= 11 is 7.36. The molecule has 2 aromatic rings. The van der Waals surface area contributed by atoms with Gasteiger partial charge in [0.05, 0.1) is 11.7 Å². The van der Waals surface area contributed by atoms with Gasteiger partial charge in [-0.05, 0) is 6.07 Å². The molecule has 72 valence electrons. The molecule has 0 radical (unpaired) electrons. The maximum atomic E-state index is 5.65. The van der Waals surface area contributed by atoms with Gasteiger partial charge in [-0.15, -0.1) is 23.4 Å². The lowest BCUT2D eigenvalue weighted by atomic mass is 10.2. The van der Waals surface area contributed by atoms with Gasteiger partial charge in [0.25, 0.3) is 0 Å². The van der Waals surface area contributed by atoms with E-state index in [9.17, 15) is 0 Å². The van der Waals surface area contributed by atoms with E-state index in [-0.39, 0.29) is 0 Å². The lowest BCUT2D eigenvalue weighted by Crippen LogP contribution is -1.87. The van der Waals surface area contributed by atoms with Crippen LogP contribution in [-0.4, -0.2) is 21.8 Å². The van der Waals surface area contributed by atoms with E-state index < -0.39 is 0 Å². The minimum atomic E-state index is 0.654. The van der Waals surface area contributed by atoms with Crippen molar-refractivity contribution in [3.8, 4) is 0 Å². The number of aromatic nitrogens is 2. The van der Waals surface area contributed by atoms with Gasteiger partial charge in [-0.3, -0.25) is 0 Å². The van der Waals surface area contributed by atoms with Gasteiger partial charge in [-0.1, -0.05) is 18.2 Å². The zero-order valence-corrected chi connectivity index (χ0v) is 9.05. The summed E-state index contributed by atoms with van der Waals surface area (Å²) < 4.78 is 0. The number of hydrogen-bond donors (Lipinski definition) is 0. The molecule has 0 aliphatic rings. The smallest absolute Gasteiger partial charge is 0.0940 e. The van der Waals surface area contributed by atoms with E-state index >= 15 is 0 Å². The van der Waals surface area contributed by atoms with Gasteiger partial charge in [-0.2, -0.15) is 10.2 Å². The third kappa shape index (κ3) is 1.99. The predicted octanol–water partition coefficient (Wildman–Crippen LogP) is 2.96. The molecule has 0 aliphatic carbocycles. The quantitative estimate of drug-likeness (QED) is 0.592. The van der Waals surface area contributed by atoms with Crippen LogP contribution in [0.3, 0.4) is 0 Å². The van der Waals surface area contributed by atoms with Crippen LogP contribution in [0.4, 0.5) is 0 Å². The first kappa shape index (κ1) is 9.74. The molecule has 2 nitrogen and oxygen atoms in total. The number of alkyl halides is 1. The summed E-state index contributed by atoms with van der Waals surface area (Å²) in [6.07, 6.45) is 1.79. The highest BCUT2D eigenvalue weighted by Crippen LogP contribution is 2.25. The van der Waals surface area contributed by atoms with Crippen LogP contribution in [0.1, 0.15) is 0 Å². The third-order valence-corrected chi connectivity index (χ3v) is 3.30. The number of rotatable bonds is 3. The monoisotopic (exact) mass is 224 g/mol. The first-order valence-electron chi connectivity index (χ1n) is 4.31. The molecule has 2 rings (SSSR count). The fourth-order valence-corrected chi connectivity index (χ4v) is 2.22. The van der Waals surface area contributed by atoms with Gasteiger partial charge in [-0.25, -0.2) is 0 Å². The van der Waals surface area contributed by atoms with Gasteiger partial charge in [0.1, 0.15) is 0 Å². The summed E-state index contributed by atoms with van der Waals surface area (Å²) in [6.45, 7) is 0. The summed E-state index contributed by atoms with van der Waals surface area (Å²) in [5.74, 6) is 1.55. The van der Waals surface area contributed by atoms with E-state index in [1.807, 2.05) is 18.2 Å². The normalized spacial score (nSPS) is 10.6. The van der Waals surface area contributed by atoms with Crippen LogP contribution in [0.5, 0.6) is 0 Å². The number of hydrogen-bond acceptors (Lipinski definition) is 3. The van der Waals surface area contributed by atoms with Crippen LogP contribution in [0, 0.1) is 0 Å². The molecule has 1 aromatic carbocycles. The van der Waals surface area contributed by atoms with E-state index in [1.165, 1.54) is 0 Å². The van der Waals surface area contributed by atoms with Crippen molar-refractivity contribution in [3.05, 3.63) is 30.5 Å². The van der Waals surface area contributed by atoms with Crippen LogP contribution < -0.4 is 0 Å². The van der Waals surface area contributed by atoms with Crippen molar-refractivity contribution in [2.45, 2.75) is 4.90 Å². The summed E-state index contributed by atoms with van der Waals surface area (Å²) in [4.78, 5) is 1.15. The second kappa shape index (κ2) is 4.62. The van der Waals surface area contributed by atoms with Crippen LogP contribution in [0.15, 0.2) is 35.4 Å². The molecule has 1 aromatic heterocycles. The first-order valence-corrected chi connectivity index (χ1v) is 5.83. The van der Waals surface area contributed by atoms with Crippen LogP contribution in [0.2, 0.25) is 0 Å². The highest BCUT2D eigenvalue weighted by atomic mass is 35.5. The van der Waals surface area contributed by atoms with E-state index in [4.69, 9.17) is 11.6 Å². The van der Waals surface area contributed by atoms with Gasteiger partial charge in [0.15, 0.2) is 0 Å². The second-order valence-corrected chi connectivity index (χ2v) is 4.28. The summed E-state index contributed by atoms with van der Waals surface area (Å²) in [7, 11) is 0. The Hall–Kier alpha value is -0.800. The maximum absolute atomic E-state index is 5.65. The Morgan fingerprint density at radius 1 is 1.29 bits per heavy atom. The van der Waals surface area contributed by atoms with Crippen molar-refractivity contribution in [3.63, 3.8) is 0 Å². The second-order valence-electron chi connectivity index (χ2n) is 2.76. The molecule has 0 fully saturated rings. The Labute approximate surface area is 91.7 Å². The fourth-order valence-electron chi connectivity index (χ4n) is 1.25. The molecule has 14 heavy (non-hydrogen) atoms. The highest BCUT2D eigenvalue weighted by Gasteiger charge is 2.01. The molecule has 0 N–H and O–H groups in total. The fraction of sp³-hybridized carbons (Fsp3) is 0.200. The van der Waals surface area contributed by atoms with Crippen molar-refractivity contribution in [2.75, 3.05) is 11.6 Å². The van der Waals surface area contributed by atoms with Gasteiger partial charge < -0.3 is 0 Å². The van der Waals surface area contributed by atoms with Gasteiger partial charge in [0, 0.05) is 21.9 Å². The molecule has 4 heteroatoms. The lowest BCUT2D eigenvalue weighted by Gasteiger charge is -2.02. The number of halogens is 1. The molecule has 0 saturated carbocycles. The Morgan fingerprint density at radius 3 is 3.00 bits per heavy atom. The van der Waals surface area contributed by atoms with Crippen LogP contribution in [-0.2, 0) is 0 Å². The average Bonchev–Trinajstić information content (AvgIpc) is 2.26. The van der Waals surface area contributed by atoms with Gasteiger partial charge >= 0.3 is 0 Å². The number of nitrogens with zero attached hydrogens (tertiary/aromatic N) is 2. The predicted molar refractivity (Wildman–Crippen MR) is 61.0 cm³/mol. The number of thioether (sulfide) groups is 1. The molecule has 1 heterocycles. The maximum Gasteiger partial charge on any atom is 0.0940 e. The van der Waals surface area contributed by atoms with E-state index in [1.54, 1.807) is 18.0 Å². The third-order valence-electron chi connectivity index (χ3n) is 1.84. The van der Waals surface area contributed by atoms with Crippen molar-refractivity contribution in [2.24, 2.45) is 0 Å². The minimum absolute atomic E-state index is 0.654. The van der Waals surface area contributed by atoms with E-state index in [0.29, 0.717) is 5.88 Å². The van der Waals surface area contributed by atoms with E-state index in [0.717, 1.165) is 21.6 Å². The highest BCUT2D eigenvalue weighted by molar-refractivity contribution is 7.99. The molecule has 0 saturated heterocycles. The zero-order chi connectivity index (χ0) is 9.80. The zero-order valence-electron chi connectivity index (χ0n) is 7.48. The number of fused-ring (bicyclic) bond motifs is 1. The molecule has 0 amide bonds. The molecule has 0 aliphatic heterocycles. The molecular formula is C10H9ClN2S. The van der Waals surface area contributed by atoms with E-state index in [2.05, 4.69) is 16.3 Å². The SMILES string of the molecule is ClCCSc1cnnc2ccccc12. The Balaban J connectivity index is 2.43. The topological polar surface area (TPSA) is 25.8 Å². The first-order chi connectivity index (χ1) is 6.92. The Morgan fingerprint density at radius 2 is 2.14 bits per heavy atom. The van der Waals surface area contributed by atoms with Gasteiger partial charge in [0.2, 0.25) is 0 Å². The largest absolute Gasteiger partial charge is 0.157 e. The van der Waals surface area contributed by atoms with Crippen molar-refractivity contribution in [1.29, 1.82) is 0 Å². The number of benzene rings is 1. The van der Waals surface area contributed by atoms with Crippen molar-refractivity contribution in [1.82, 2.24) is 10.2 Å². The standard InChI is InChI=1S/C10H9ClN2S/c11-5-6-14-10-7-12-13-9-4-2-1-3-8(9)10/h1-4,7H,5-6H2. The Kier molecular flexibility index (Phi) is 3.22. The Bertz CT molecular complexity index is 428. The average molecular weight is 225 g/mol. The molecule has 0 unspecified atom stereocenters. The summed E-state index contributed by atoms with van der Waals surface area (Å²) in [6, 6.07) is 8.00. The molecule has 0 spiro atoms. The minimum Gasteiger partial charge on any atom is -0.157 e. The summed E-state index contributed by atoms with van der Waals surface area (Å²) in [5.41, 5.74) is 0.937. The lowest BCUT2D eigenvalue weighted by molar-refractivity contribution is 1.05. The molecular weight excluding hydrogens is 216 g/mol. The summed E-state index contributed by atoms with van der Waals surface area (Å²) in [5, 5.41) is 9.16. The van der Waals surface area contributed by atoms with Crippen molar-refractivity contribution >= 4 is 34.3 Å². The van der Waals surface area contributed by atoms with Crippen molar-refractivity contribution < 1.29 is 0 Å². The molecule has 0 atom stereocenters. The van der Waals surface area contributed by atoms with Crippen LogP contribution >= 0.6 is 23.4 Å². The molecule has 0 bridgehead atoms.